The van der Waals surface area contributed by atoms with Crippen molar-refractivity contribution in [3.05, 3.63) is 29.8 Å². The van der Waals surface area contributed by atoms with E-state index in [-0.39, 0.29) is 6.09 Å². The van der Waals surface area contributed by atoms with E-state index in [9.17, 15) is 4.79 Å². The summed E-state index contributed by atoms with van der Waals surface area (Å²) in [5, 5.41) is 6.34. The van der Waals surface area contributed by atoms with E-state index in [4.69, 9.17) is 4.74 Å². The van der Waals surface area contributed by atoms with Crippen LogP contribution >= 0.6 is 11.8 Å². The lowest BCUT2D eigenvalue weighted by molar-refractivity contribution is 0.0523. The van der Waals surface area contributed by atoms with E-state index in [1.807, 2.05) is 50.7 Å². The maximum Gasteiger partial charge on any atom is 0.407 e. The minimum atomic E-state index is -0.470. The van der Waals surface area contributed by atoms with Gasteiger partial charge in [0.05, 0.1) is 0 Å². The molecular formula is C17H26N2O2S. The Morgan fingerprint density at radius 2 is 2.14 bits per heavy atom. The molecule has 1 atom stereocenters. The fraction of sp³-hybridized carbons (Fsp3) is 0.588. The largest absolute Gasteiger partial charge is 0.444 e. The molecule has 2 rings (SSSR count). The molecule has 0 spiro atoms. The molecule has 122 valence electrons. The highest BCUT2D eigenvalue weighted by atomic mass is 32.2. The van der Waals surface area contributed by atoms with Gasteiger partial charge < -0.3 is 15.4 Å². The molecule has 0 bridgehead atoms. The molecule has 22 heavy (non-hydrogen) atoms. The first-order chi connectivity index (χ1) is 10.4. The van der Waals surface area contributed by atoms with Crippen LogP contribution in [0, 0.1) is 5.92 Å². The zero-order chi connectivity index (χ0) is 16.0. The Morgan fingerprint density at radius 3 is 2.82 bits per heavy atom. The van der Waals surface area contributed by atoms with Crippen molar-refractivity contribution >= 4 is 23.5 Å². The van der Waals surface area contributed by atoms with Gasteiger partial charge in [0.25, 0.3) is 0 Å². The van der Waals surface area contributed by atoms with Crippen molar-refractivity contribution in [3.63, 3.8) is 0 Å². The first kappa shape index (κ1) is 17.0. The van der Waals surface area contributed by atoms with Crippen LogP contribution in [0.2, 0.25) is 0 Å². The summed E-state index contributed by atoms with van der Waals surface area (Å²) in [5.74, 6) is 3.26. The average molecular weight is 322 g/mol. The van der Waals surface area contributed by atoms with E-state index in [0.717, 1.165) is 23.7 Å². The number of anilines is 1. The number of carbonyl (C=O) groups excluding carboxylic acids is 1. The highest BCUT2D eigenvalue weighted by Gasteiger charge is 2.17. The second kappa shape index (κ2) is 7.77. The molecule has 1 aliphatic rings. The number of hydrogen-bond donors (Lipinski definition) is 2. The van der Waals surface area contributed by atoms with Crippen LogP contribution < -0.4 is 10.6 Å². The molecule has 5 heteroatoms. The Bertz CT molecular complexity index is 494. The summed E-state index contributed by atoms with van der Waals surface area (Å²) in [5.41, 5.74) is 1.71. The van der Waals surface area contributed by atoms with Crippen molar-refractivity contribution in [2.75, 3.05) is 23.4 Å². The van der Waals surface area contributed by atoms with Gasteiger partial charge in [-0.2, -0.15) is 11.8 Å². The van der Waals surface area contributed by atoms with Crippen molar-refractivity contribution in [2.24, 2.45) is 5.92 Å². The van der Waals surface area contributed by atoms with Gasteiger partial charge in [-0.15, -0.1) is 0 Å². The average Bonchev–Trinajstić information content (AvgIpc) is 2.95. The van der Waals surface area contributed by atoms with E-state index >= 15 is 0 Å². The summed E-state index contributed by atoms with van der Waals surface area (Å²) in [6.45, 7) is 7.05. The minimum absolute atomic E-state index is 0.380. The highest BCUT2D eigenvalue weighted by molar-refractivity contribution is 7.99. The molecule has 1 aliphatic heterocycles. The maximum atomic E-state index is 11.8. The molecule has 0 saturated carbocycles. The lowest BCUT2D eigenvalue weighted by Crippen LogP contribution is -2.32. The molecule has 0 aromatic heterocycles. The molecule has 4 nitrogen and oxygen atoms in total. The van der Waals surface area contributed by atoms with Crippen LogP contribution in [0.3, 0.4) is 0 Å². The molecule has 1 saturated heterocycles. The smallest absolute Gasteiger partial charge is 0.407 e. The van der Waals surface area contributed by atoms with Crippen molar-refractivity contribution < 1.29 is 9.53 Å². The Balaban J connectivity index is 1.86. The Hall–Kier alpha value is -1.36. The molecule has 1 aromatic carbocycles. The van der Waals surface area contributed by atoms with Gasteiger partial charge in [-0.3, -0.25) is 0 Å². The van der Waals surface area contributed by atoms with Crippen LogP contribution in [0.25, 0.3) is 0 Å². The monoisotopic (exact) mass is 322 g/mol. The molecule has 2 N–H and O–H groups in total. The predicted octanol–water partition coefficient (Wildman–Crippen LogP) is 3.88. The lowest BCUT2D eigenvalue weighted by atomic mass is 10.1. The molecule has 0 radical (unpaired) electrons. The fourth-order valence-corrected chi connectivity index (χ4v) is 3.61. The van der Waals surface area contributed by atoms with Gasteiger partial charge in [0.2, 0.25) is 0 Å². The van der Waals surface area contributed by atoms with Gasteiger partial charge in [0, 0.05) is 18.8 Å². The molecule has 1 unspecified atom stereocenters. The van der Waals surface area contributed by atoms with Gasteiger partial charge in [-0.1, -0.05) is 18.2 Å². The van der Waals surface area contributed by atoms with Crippen molar-refractivity contribution in [2.45, 2.75) is 39.3 Å². The SMILES string of the molecule is CC(C)(C)OC(=O)NCc1ccccc1NCC1CCSC1. The number of thioether (sulfide) groups is 1. The summed E-state index contributed by atoms with van der Waals surface area (Å²) in [6.07, 6.45) is 0.908. The third-order valence-electron chi connectivity index (χ3n) is 3.44. The maximum absolute atomic E-state index is 11.8. The van der Waals surface area contributed by atoms with E-state index in [1.54, 1.807) is 0 Å². The van der Waals surface area contributed by atoms with Gasteiger partial charge >= 0.3 is 6.09 Å². The van der Waals surface area contributed by atoms with Crippen LogP contribution in [0.1, 0.15) is 32.8 Å². The summed E-state index contributed by atoms with van der Waals surface area (Å²) in [6, 6.07) is 8.10. The second-order valence-electron chi connectivity index (χ2n) is 6.62. The van der Waals surface area contributed by atoms with Crippen molar-refractivity contribution in [3.8, 4) is 0 Å². The number of ether oxygens (including phenoxy) is 1. The first-order valence-electron chi connectivity index (χ1n) is 7.80. The Labute approximate surface area is 137 Å². The van der Waals surface area contributed by atoms with E-state index in [1.165, 1.54) is 17.9 Å². The number of amides is 1. The normalized spacial score (nSPS) is 18.0. The van der Waals surface area contributed by atoms with Gasteiger partial charge in [-0.05, 0) is 56.2 Å². The summed E-state index contributed by atoms with van der Waals surface area (Å²) >= 11 is 2.03. The number of alkyl carbamates (subject to hydrolysis) is 1. The van der Waals surface area contributed by atoms with Gasteiger partial charge in [0.1, 0.15) is 5.60 Å². The quantitative estimate of drug-likeness (QED) is 0.864. The minimum Gasteiger partial charge on any atom is -0.444 e. The third kappa shape index (κ3) is 5.79. The van der Waals surface area contributed by atoms with E-state index in [0.29, 0.717) is 6.54 Å². The number of para-hydroxylation sites is 1. The Morgan fingerprint density at radius 1 is 1.36 bits per heavy atom. The summed E-state index contributed by atoms with van der Waals surface area (Å²) < 4.78 is 5.27. The Kier molecular flexibility index (Phi) is 6.00. The first-order valence-corrected chi connectivity index (χ1v) is 8.96. The van der Waals surface area contributed by atoms with Crippen molar-refractivity contribution in [1.82, 2.24) is 5.32 Å². The molecule has 1 heterocycles. The van der Waals surface area contributed by atoms with Gasteiger partial charge in [-0.25, -0.2) is 4.79 Å². The second-order valence-corrected chi connectivity index (χ2v) is 7.77. The zero-order valence-corrected chi connectivity index (χ0v) is 14.5. The van der Waals surface area contributed by atoms with Crippen LogP contribution in [0.5, 0.6) is 0 Å². The number of nitrogens with one attached hydrogen (secondary N) is 2. The fourth-order valence-electron chi connectivity index (χ4n) is 2.33. The topological polar surface area (TPSA) is 50.4 Å². The third-order valence-corrected chi connectivity index (χ3v) is 4.68. The van der Waals surface area contributed by atoms with Crippen LogP contribution in [0.15, 0.2) is 24.3 Å². The molecule has 1 aromatic rings. The zero-order valence-electron chi connectivity index (χ0n) is 13.6. The number of carbonyl (C=O) groups is 1. The predicted molar refractivity (Wildman–Crippen MR) is 93.4 cm³/mol. The number of rotatable bonds is 5. The van der Waals surface area contributed by atoms with Crippen LogP contribution in [0.4, 0.5) is 10.5 Å². The molecule has 1 fully saturated rings. The van der Waals surface area contributed by atoms with E-state index < -0.39 is 5.60 Å². The van der Waals surface area contributed by atoms with Crippen LogP contribution in [-0.4, -0.2) is 29.7 Å². The highest BCUT2D eigenvalue weighted by Crippen LogP contribution is 2.24. The molecule has 0 aliphatic carbocycles. The van der Waals surface area contributed by atoms with E-state index in [2.05, 4.69) is 16.7 Å². The summed E-state index contributed by atoms with van der Waals surface area (Å²) in [7, 11) is 0. The lowest BCUT2D eigenvalue weighted by Gasteiger charge is -2.20. The number of hydrogen-bond acceptors (Lipinski definition) is 4. The van der Waals surface area contributed by atoms with Crippen LogP contribution in [-0.2, 0) is 11.3 Å². The molecular weight excluding hydrogens is 296 g/mol. The number of benzene rings is 1. The molecule has 1 amide bonds. The van der Waals surface area contributed by atoms with Crippen molar-refractivity contribution in [1.29, 1.82) is 0 Å². The standard InChI is InChI=1S/C17H26N2O2S/c1-17(2,3)21-16(20)19-11-14-6-4-5-7-15(14)18-10-13-8-9-22-12-13/h4-7,13,18H,8-12H2,1-3H3,(H,19,20). The van der Waals surface area contributed by atoms with Gasteiger partial charge in [0.15, 0.2) is 0 Å². The summed E-state index contributed by atoms with van der Waals surface area (Å²) in [4.78, 5) is 11.8.